The number of hydrogen-bond acceptors (Lipinski definition) is 2. The highest BCUT2D eigenvalue weighted by Crippen LogP contribution is 2.37. The summed E-state index contributed by atoms with van der Waals surface area (Å²) in [5.41, 5.74) is 1.65. The van der Waals surface area contributed by atoms with Crippen molar-refractivity contribution in [2.75, 3.05) is 0 Å². The van der Waals surface area contributed by atoms with Crippen LogP contribution in [0.3, 0.4) is 0 Å². The first-order valence-electron chi connectivity index (χ1n) is 3.84. The lowest BCUT2D eigenvalue weighted by molar-refractivity contribution is 0.588. The average Bonchev–Trinajstić information content (AvgIpc) is 2.29. The summed E-state index contributed by atoms with van der Waals surface area (Å²) in [5, 5.41) is 0. The van der Waals surface area contributed by atoms with Crippen molar-refractivity contribution in [3.8, 4) is 0 Å². The van der Waals surface area contributed by atoms with E-state index in [2.05, 4.69) is 33.8 Å². The molecule has 68 valence electrons. The second-order valence-electron chi connectivity index (χ2n) is 3.86. The fraction of sp³-hybridized carbons (Fsp3) is 0.556. The molecule has 1 aromatic rings. The molecule has 0 amide bonds. The topological polar surface area (TPSA) is 0 Å². The Morgan fingerprint density at radius 3 is 2.25 bits per heavy atom. The molecule has 0 aromatic carbocycles. The van der Waals surface area contributed by atoms with Crippen molar-refractivity contribution in [3.63, 3.8) is 0 Å². The van der Waals surface area contributed by atoms with Crippen LogP contribution in [0.2, 0.25) is 0 Å². The standard InChI is InChI=1S/C9H13ClS2/c1-6-7(9(2,3)4)5-8(11-6)12-10/h5H,1-4H3. The van der Waals surface area contributed by atoms with Crippen molar-refractivity contribution in [2.24, 2.45) is 0 Å². The predicted octanol–water partition coefficient (Wildman–Crippen LogP) is 4.60. The van der Waals surface area contributed by atoms with Crippen molar-refractivity contribution >= 4 is 33.0 Å². The monoisotopic (exact) mass is 220 g/mol. The Labute approximate surface area is 86.8 Å². The van der Waals surface area contributed by atoms with Gasteiger partial charge in [-0.1, -0.05) is 20.8 Å². The highest BCUT2D eigenvalue weighted by atomic mass is 35.7. The van der Waals surface area contributed by atoms with Gasteiger partial charge in [0.2, 0.25) is 0 Å². The van der Waals surface area contributed by atoms with Gasteiger partial charge in [-0.05, 0) is 45.6 Å². The zero-order chi connectivity index (χ0) is 9.35. The Bertz CT molecular complexity index is 271. The maximum Gasteiger partial charge on any atom is 0.0762 e. The summed E-state index contributed by atoms with van der Waals surface area (Å²) in [6, 6.07) is 2.19. The summed E-state index contributed by atoms with van der Waals surface area (Å²) >= 11 is 1.77. The molecule has 3 heteroatoms. The van der Waals surface area contributed by atoms with Crippen molar-refractivity contribution in [1.82, 2.24) is 0 Å². The van der Waals surface area contributed by atoms with Crippen molar-refractivity contribution in [2.45, 2.75) is 37.3 Å². The van der Waals surface area contributed by atoms with Gasteiger partial charge in [0.25, 0.3) is 0 Å². The molecule has 12 heavy (non-hydrogen) atoms. The third kappa shape index (κ3) is 2.18. The van der Waals surface area contributed by atoms with Gasteiger partial charge in [0.15, 0.2) is 0 Å². The minimum atomic E-state index is 0.242. The molecular formula is C9H13ClS2. The van der Waals surface area contributed by atoms with E-state index in [1.165, 1.54) is 25.6 Å². The maximum atomic E-state index is 5.69. The van der Waals surface area contributed by atoms with Crippen LogP contribution in [0.4, 0.5) is 0 Å². The molecule has 0 atom stereocenters. The van der Waals surface area contributed by atoms with Crippen LogP contribution in [0.1, 0.15) is 31.2 Å². The van der Waals surface area contributed by atoms with Gasteiger partial charge in [0.05, 0.1) is 4.21 Å². The number of halogens is 1. The molecule has 0 spiro atoms. The van der Waals surface area contributed by atoms with E-state index in [4.69, 9.17) is 10.7 Å². The smallest absolute Gasteiger partial charge is 0.0762 e. The van der Waals surface area contributed by atoms with Gasteiger partial charge in [-0.3, -0.25) is 0 Å². The summed E-state index contributed by atoms with van der Waals surface area (Å²) in [6.07, 6.45) is 0. The third-order valence-electron chi connectivity index (χ3n) is 1.78. The Morgan fingerprint density at radius 2 is 2.00 bits per heavy atom. The van der Waals surface area contributed by atoms with E-state index in [1.54, 1.807) is 11.3 Å². The number of rotatable bonds is 1. The lowest BCUT2D eigenvalue weighted by atomic mass is 9.88. The normalized spacial score (nSPS) is 12.1. The molecule has 0 bridgehead atoms. The van der Waals surface area contributed by atoms with Crippen LogP contribution in [0.25, 0.3) is 0 Å². The largest absolute Gasteiger partial charge is 0.133 e. The van der Waals surface area contributed by atoms with Crippen LogP contribution in [0.5, 0.6) is 0 Å². The molecule has 0 unspecified atom stereocenters. The molecule has 0 nitrogen and oxygen atoms in total. The van der Waals surface area contributed by atoms with Crippen LogP contribution in [-0.4, -0.2) is 0 Å². The molecule has 0 aliphatic rings. The van der Waals surface area contributed by atoms with Gasteiger partial charge in [0, 0.05) is 4.88 Å². The van der Waals surface area contributed by atoms with E-state index in [0.717, 1.165) is 0 Å². The highest BCUT2D eigenvalue weighted by Gasteiger charge is 2.18. The zero-order valence-corrected chi connectivity index (χ0v) is 10.2. The molecule has 0 saturated carbocycles. The summed E-state index contributed by atoms with van der Waals surface area (Å²) in [5.74, 6) is 0. The number of hydrogen-bond donors (Lipinski definition) is 0. The molecule has 0 aliphatic carbocycles. The van der Waals surface area contributed by atoms with Crippen molar-refractivity contribution in [1.29, 1.82) is 0 Å². The molecule has 0 aliphatic heterocycles. The summed E-state index contributed by atoms with van der Waals surface area (Å²) in [6.45, 7) is 8.84. The minimum absolute atomic E-state index is 0.242. The second-order valence-corrected chi connectivity index (χ2v) is 6.43. The van der Waals surface area contributed by atoms with Crippen LogP contribution < -0.4 is 0 Å². The second kappa shape index (κ2) is 3.60. The SMILES string of the molecule is Cc1sc(SCl)cc1C(C)(C)C. The predicted molar refractivity (Wildman–Crippen MR) is 59.5 cm³/mol. The maximum absolute atomic E-state index is 5.69. The first-order valence-corrected chi connectivity index (χ1v) is 6.30. The molecule has 0 N–H and O–H groups in total. The third-order valence-corrected chi connectivity index (χ3v) is 4.17. The van der Waals surface area contributed by atoms with Crippen LogP contribution in [-0.2, 0) is 5.41 Å². The number of thiophene rings is 1. The van der Waals surface area contributed by atoms with Crippen molar-refractivity contribution in [3.05, 3.63) is 16.5 Å². The van der Waals surface area contributed by atoms with Gasteiger partial charge in [-0.15, -0.1) is 11.3 Å². The summed E-state index contributed by atoms with van der Waals surface area (Å²) in [4.78, 5) is 1.38. The van der Waals surface area contributed by atoms with Crippen molar-refractivity contribution < 1.29 is 0 Å². The Hall–Kier alpha value is 0.340. The van der Waals surface area contributed by atoms with Gasteiger partial charge < -0.3 is 0 Å². The zero-order valence-electron chi connectivity index (χ0n) is 7.77. The van der Waals surface area contributed by atoms with E-state index >= 15 is 0 Å². The molecule has 1 aromatic heterocycles. The molecule has 0 saturated heterocycles. The van der Waals surface area contributed by atoms with Crippen LogP contribution in [0.15, 0.2) is 10.3 Å². The minimum Gasteiger partial charge on any atom is -0.133 e. The first kappa shape index (κ1) is 10.4. The Kier molecular flexibility index (Phi) is 3.13. The fourth-order valence-electron chi connectivity index (χ4n) is 1.24. The van der Waals surface area contributed by atoms with E-state index in [0.29, 0.717) is 0 Å². The lowest BCUT2D eigenvalue weighted by Gasteiger charge is -2.17. The summed E-state index contributed by atoms with van der Waals surface area (Å²) in [7, 11) is 7.00. The summed E-state index contributed by atoms with van der Waals surface area (Å²) < 4.78 is 1.19. The van der Waals surface area contributed by atoms with Gasteiger partial charge in [0.1, 0.15) is 0 Å². The first-order chi connectivity index (χ1) is 5.45. The average molecular weight is 221 g/mol. The quantitative estimate of drug-likeness (QED) is 0.667. The molecule has 0 radical (unpaired) electrons. The number of aryl methyl sites for hydroxylation is 1. The van der Waals surface area contributed by atoms with Gasteiger partial charge >= 0.3 is 0 Å². The molecule has 1 heterocycles. The van der Waals surface area contributed by atoms with E-state index in [1.807, 2.05) is 0 Å². The van der Waals surface area contributed by atoms with Gasteiger partial charge in [-0.2, -0.15) is 0 Å². The lowest BCUT2D eigenvalue weighted by Crippen LogP contribution is -2.10. The Morgan fingerprint density at radius 1 is 1.42 bits per heavy atom. The van der Waals surface area contributed by atoms with E-state index in [-0.39, 0.29) is 5.41 Å². The molecular weight excluding hydrogens is 208 g/mol. The molecule has 0 fully saturated rings. The fourth-order valence-corrected chi connectivity index (χ4v) is 3.27. The van der Waals surface area contributed by atoms with E-state index < -0.39 is 0 Å². The van der Waals surface area contributed by atoms with Crippen LogP contribution >= 0.6 is 33.0 Å². The van der Waals surface area contributed by atoms with Gasteiger partial charge in [-0.25, -0.2) is 0 Å². The molecule has 1 rings (SSSR count). The highest BCUT2D eigenvalue weighted by molar-refractivity contribution is 8.22. The van der Waals surface area contributed by atoms with E-state index in [9.17, 15) is 0 Å². The Balaban J connectivity index is 3.08. The van der Waals surface area contributed by atoms with Crippen LogP contribution in [0, 0.1) is 6.92 Å².